The smallest absolute Gasteiger partial charge is 0.164 e. The molecule has 0 spiro atoms. The minimum atomic E-state index is -0.324. The van der Waals surface area contributed by atoms with Gasteiger partial charge in [0.25, 0.3) is 0 Å². The molecule has 0 aromatic heterocycles. The van der Waals surface area contributed by atoms with Crippen molar-refractivity contribution in [2.45, 2.75) is 58.7 Å². The van der Waals surface area contributed by atoms with E-state index < -0.39 is 0 Å². The molecule has 1 fully saturated rings. The van der Waals surface area contributed by atoms with Crippen molar-refractivity contribution < 1.29 is 14.9 Å². The second-order valence-electron chi connectivity index (χ2n) is 7.58. The molecule has 0 radical (unpaired) electrons. The molecule has 2 N–H and O–H groups in total. The van der Waals surface area contributed by atoms with E-state index in [2.05, 4.69) is 26.8 Å². The minimum absolute atomic E-state index is 0.198. The number of fused-ring (bicyclic) bond motifs is 2. The van der Waals surface area contributed by atoms with Crippen molar-refractivity contribution in [1.82, 2.24) is 0 Å². The molecule has 2 aliphatic rings. The summed E-state index contributed by atoms with van der Waals surface area (Å²) in [6.45, 7) is 8.34. The zero-order valence-electron chi connectivity index (χ0n) is 13.9. The number of allylic oxidation sites excluding steroid dienone is 1. The number of phenolic OH excluding ortho intramolecular Hbond substituents is 1. The van der Waals surface area contributed by atoms with Gasteiger partial charge < -0.3 is 14.9 Å². The molecule has 1 aliphatic carbocycles. The number of phenols is 1. The van der Waals surface area contributed by atoms with Crippen molar-refractivity contribution in [2.24, 2.45) is 11.3 Å². The topological polar surface area (TPSA) is 49.7 Å². The number of hydrogen-bond donors (Lipinski definition) is 2. The Hall–Kier alpha value is -1.48. The van der Waals surface area contributed by atoms with E-state index in [0.29, 0.717) is 5.75 Å². The van der Waals surface area contributed by atoms with Gasteiger partial charge in [-0.2, -0.15) is 0 Å². The van der Waals surface area contributed by atoms with Crippen LogP contribution < -0.4 is 4.74 Å². The first kappa shape index (κ1) is 15.4. The van der Waals surface area contributed by atoms with Gasteiger partial charge in [0.1, 0.15) is 5.60 Å². The molecule has 0 bridgehead atoms. The van der Waals surface area contributed by atoms with Crippen LogP contribution in [-0.4, -0.2) is 21.9 Å². The maximum Gasteiger partial charge on any atom is 0.164 e. The molecule has 1 saturated carbocycles. The lowest BCUT2D eigenvalue weighted by Gasteiger charge is -2.55. The monoisotopic (exact) mass is 302 g/mol. The number of aliphatic hydroxyl groups is 1. The number of aliphatic hydroxyl groups excluding tert-OH is 1. The van der Waals surface area contributed by atoms with Crippen LogP contribution in [0.25, 0.3) is 6.08 Å². The van der Waals surface area contributed by atoms with Crippen LogP contribution in [0, 0.1) is 11.3 Å². The molecule has 0 unspecified atom stereocenters. The van der Waals surface area contributed by atoms with Gasteiger partial charge in [0.05, 0.1) is 6.10 Å². The SMILES string of the molecule is C/C=C/c1cc(O)c2c(c1)C[C@@H]1C(C)(C)[C@H](O)CC[C@@]1(C)O2. The van der Waals surface area contributed by atoms with E-state index in [0.717, 1.165) is 30.4 Å². The molecule has 1 aliphatic heterocycles. The predicted octanol–water partition coefficient (Wildman–Crippen LogP) is 3.92. The molecule has 1 aromatic rings. The molecule has 120 valence electrons. The van der Waals surface area contributed by atoms with E-state index in [1.54, 1.807) is 6.07 Å². The summed E-state index contributed by atoms with van der Waals surface area (Å²) in [5.41, 5.74) is 1.50. The first-order valence-corrected chi connectivity index (χ1v) is 8.13. The zero-order valence-corrected chi connectivity index (χ0v) is 13.9. The summed E-state index contributed by atoms with van der Waals surface area (Å²) in [6.07, 6.45) is 6.03. The van der Waals surface area contributed by atoms with Crippen molar-refractivity contribution in [3.05, 3.63) is 29.3 Å². The van der Waals surface area contributed by atoms with Crippen LogP contribution in [0.1, 0.15) is 51.7 Å². The van der Waals surface area contributed by atoms with E-state index in [9.17, 15) is 10.2 Å². The van der Waals surface area contributed by atoms with E-state index in [1.165, 1.54) is 0 Å². The van der Waals surface area contributed by atoms with Gasteiger partial charge in [-0.05, 0) is 61.8 Å². The summed E-state index contributed by atoms with van der Waals surface area (Å²) in [7, 11) is 0. The normalized spacial score (nSPS) is 33.1. The molecule has 0 saturated heterocycles. The molecule has 3 atom stereocenters. The zero-order chi connectivity index (χ0) is 16.1. The van der Waals surface area contributed by atoms with E-state index in [4.69, 9.17) is 4.74 Å². The highest BCUT2D eigenvalue weighted by atomic mass is 16.5. The number of aromatic hydroxyl groups is 1. The van der Waals surface area contributed by atoms with Crippen LogP contribution in [-0.2, 0) is 6.42 Å². The summed E-state index contributed by atoms with van der Waals surface area (Å²) >= 11 is 0. The summed E-state index contributed by atoms with van der Waals surface area (Å²) in [6, 6.07) is 3.84. The number of ether oxygens (including phenoxy) is 1. The standard InChI is InChI=1S/C19H26O3/c1-5-6-12-9-13-11-15-18(2,3)16(21)7-8-19(15,4)22-17(13)14(20)10-12/h5-6,9-10,15-16,20-21H,7-8,11H2,1-4H3/b6-5+/t15-,16-,19-/m1/s1. The maximum absolute atomic E-state index is 10.4. The van der Waals surface area contributed by atoms with Crippen LogP contribution in [0.2, 0.25) is 0 Å². The second kappa shape index (κ2) is 5.02. The molecular formula is C19H26O3. The Bertz CT molecular complexity index is 617. The molecule has 22 heavy (non-hydrogen) atoms. The Labute approximate surface area is 132 Å². The van der Waals surface area contributed by atoms with Crippen molar-refractivity contribution in [3.63, 3.8) is 0 Å². The Balaban J connectivity index is 2.07. The Morgan fingerprint density at radius 2 is 2.00 bits per heavy atom. The van der Waals surface area contributed by atoms with Crippen LogP contribution in [0.3, 0.4) is 0 Å². The third kappa shape index (κ3) is 2.23. The highest BCUT2D eigenvalue weighted by Gasteiger charge is 2.54. The molecule has 3 nitrogen and oxygen atoms in total. The molecule has 1 heterocycles. The Morgan fingerprint density at radius 3 is 2.68 bits per heavy atom. The molecule has 3 rings (SSSR count). The van der Waals surface area contributed by atoms with Gasteiger partial charge in [-0.25, -0.2) is 0 Å². The fourth-order valence-electron chi connectivity index (χ4n) is 4.30. The van der Waals surface area contributed by atoms with E-state index in [1.807, 2.05) is 19.1 Å². The van der Waals surface area contributed by atoms with Gasteiger partial charge in [-0.15, -0.1) is 0 Å². The first-order valence-electron chi connectivity index (χ1n) is 8.13. The predicted molar refractivity (Wildman–Crippen MR) is 88.1 cm³/mol. The quantitative estimate of drug-likeness (QED) is 0.826. The van der Waals surface area contributed by atoms with E-state index in [-0.39, 0.29) is 28.8 Å². The number of benzene rings is 1. The lowest BCUT2D eigenvalue weighted by Crippen LogP contribution is -2.58. The Kier molecular flexibility index (Phi) is 3.52. The second-order valence-corrected chi connectivity index (χ2v) is 7.58. The van der Waals surface area contributed by atoms with Crippen molar-refractivity contribution >= 4 is 6.08 Å². The lowest BCUT2D eigenvalue weighted by atomic mass is 9.57. The van der Waals surface area contributed by atoms with E-state index >= 15 is 0 Å². The number of rotatable bonds is 1. The molecule has 0 amide bonds. The van der Waals surface area contributed by atoms with Crippen molar-refractivity contribution in [3.8, 4) is 11.5 Å². The average Bonchev–Trinajstić information content (AvgIpc) is 2.44. The van der Waals surface area contributed by atoms with Gasteiger partial charge in [0.2, 0.25) is 0 Å². The van der Waals surface area contributed by atoms with Gasteiger partial charge in [0, 0.05) is 5.92 Å². The van der Waals surface area contributed by atoms with Gasteiger partial charge in [-0.3, -0.25) is 0 Å². The summed E-state index contributed by atoms with van der Waals surface area (Å²) < 4.78 is 6.29. The van der Waals surface area contributed by atoms with Crippen LogP contribution in [0.15, 0.2) is 18.2 Å². The maximum atomic E-state index is 10.4. The number of hydrogen-bond acceptors (Lipinski definition) is 3. The van der Waals surface area contributed by atoms with Gasteiger partial charge in [0.15, 0.2) is 11.5 Å². The molecule has 3 heteroatoms. The highest BCUT2D eigenvalue weighted by Crippen LogP contribution is 2.54. The fourth-order valence-corrected chi connectivity index (χ4v) is 4.30. The third-order valence-corrected chi connectivity index (χ3v) is 5.70. The summed E-state index contributed by atoms with van der Waals surface area (Å²) in [5, 5.41) is 20.8. The highest BCUT2D eigenvalue weighted by molar-refractivity contribution is 5.59. The van der Waals surface area contributed by atoms with Crippen molar-refractivity contribution in [2.75, 3.05) is 0 Å². The lowest BCUT2D eigenvalue weighted by molar-refractivity contribution is -0.138. The van der Waals surface area contributed by atoms with Gasteiger partial charge in [-0.1, -0.05) is 26.0 Å². The first-order chi connectivity index (χ1) is 10.3. The van der Waals surface area contributed by atoms with Gasteiger partial charge >= 0.3 is 0 Å². The van der Waals surface area contributed by atoms with Crippen LogP contribution >= 0.6 is 0 Å². The average molecular weight is 302 g/mol. The van der Waals surface area contributed by atoms with Crippen LogP contribution in [0.5, 0.6) is 11.5 Å². The summed E-state index contributed by atoms with van der Waals surface area (Å²) in [4.78, 5) is 0. The summed E-state index contributed by atoms with van der Waals surface area (Å²) in [5.74, 6) is 1.07. The van der Waals surface area contributed by atoms with Crippen molar-refractivity contribution in [1.29, 1.82) is 0 Å². The fraction of sp³-hybridized carbons (Fsp3) is 0.579. The minimum Gasteiger partial charge on any atom is -0.504 e. The largest absolute Gasteiger partial charge is 0.504 e. The third-order valence-electron chi connectivity index (χ3n) is 5.70. The Morgan fingerprint density at radius 1 is 1.27 bits per heavy atom. The molecular weight excluding hydrogens is 276 g/mol. The van der Waals surface area contributed by atoms with Crippen LogP contribution in [0.4, 0.5) is 0 Å². The molecule has 1 aromatic carbocycles.